The fourth-order valence-corrected chi connectivity index (χ4v) is 5.95. The van der Waals surface area contributed by atoms with Crippen LogP contribution in [0.25, 0.3) is 0 Å². The number of likely N-dealkylation sites (tertiary alicyclic amines) is 1. The fraction of sp³-hybridized carbons (Fsp3) is 0.625. The third kappa shape index (κ3) is 3.59. The lowest BCUT2D eigenvalue weighted by atomic mass is 9.70. The number of hydrogen-bond acceptors (Lipinski definition) is 5. The first kappa shape index (κ1) is 22.7. The average molecular weight is 444 g/mol. The highest BCUT2D eigenvalue weighted by Gasteiger charge is 2.74. The van der Waals surface area contributed by atoms with Crippen LogP contribution in [-0.4, -0.2) is 65.2 Å². The van der Waals surface area contributed by atoms with Crippen LogP contribution in [0.1, 0.15) is 38.7 Å². The smallest absolute Gasteiger partial charge is 0.246 e. The Morgan fingerprint density at radius 1 is 1.25 bits per heavy atom. The van der Waals surface area contributed by atoms with Crippen molar-refractivity contribution in [1.82, 2.24) is 15.5 Å². The van der Waals surface area contributed by atoms with Crippen LogP contribution in [0, 0.1) is 17.8 Å². The summed E-state index contributed by atoms with van der Waals surface area (Å²) in [5.41, 5.74) is -0.0871. The van der Waals surface area contributed by atoms with Crippen LogP contribution >= 0.6 is 0 Å². The molecule has 174 valence electrons. The van der Waals surface area contributed by atoms with Gasteiger partial charge in [-0.1, -0.05) is 44.2 Å². The third-order valence-electron chi connectivity index (χ3n) is 7.19. The van der Waals surface area contributed by atoms with Crippen LogP contribution in [0.3, 0.4) is 0 Å². The van der Waals surface area contributed by atoms with Gasteiger partial charge in [0.2, 0.25) is 17.7 Å². The maximum atomic E-state index is 13.7. The van der Waals surface area contributed by atoms with E-state index in [4.69, 9.17) is 4.74 Å². The van der Waals surface area contributed by atoms with E-state index in [0.717, 1.165) is 5.56 Å². The maximum Gasteiger partial charge on any atom is 0.246 e. The van der Waals surface area contributed by atoms with E-state index in [9.17, 15) is 19.5 Å². The number of rotatable bonds is 8. The Hall–Kier alpha value is -2.45. The van der Waals surface area contributed by atoms with Gasteiger partial charge in [-0.2, -0.15) is 0 Å². The topological polar surface area (TPSA) is 108 Å². The van der Waals surface area contributed by atoms with Gasteiger partial charge in [-0.25, -0.2) is 0 Å². The van der Waals surface area contributed by atoms with Gasteiger partial charge in [0.15, 0.2) is 0 Å². The molecule has 32 heavy (non-hydrogen) atoms. The lowest BCUT2D eigenvalue weighted by Crippen LogP contribution is -2.58. The van der Waals surface area contributed by atoms with Crippen molar-refractivity contribution in [3.05, 3.63) is 35.9 Å². The van der Waals surface area contributed by atoms with Crippen LogP contribution < -0.4 is 10.6 Å². The Balaban J connectivity index is 1.69. The number of benzene rings is 1. The fourth-order valence-electron chi connectivity index (χ4n) is 5.95. The molecule has 8 heteroatoms. The van der Waals surface area contributed by atoms with Crippen LogP contribution in [0.5, 0.6) is 0 Å². The number of aliphatic hydroxyl groups excluding tert-OH is 1. The second-order valence-electron chi connectivity index (χ2n) is 9.59. The largest absolute Gasteiger partial charge is 0.394 e. The number of fused-ring (bicyclic) bond motifs is 1. The molecule has 1 aromatic rings. The summed E-state index contributed by atoms with van der Waals surface area (Å²) in [5, 5.41) is 15.8. The highest BCUT2D eigenvalue weighted by Crippen LogP contribution is 2.58. The van der Waals surface area contributed by atoms with E-state index in [0.29, 0.717) is 25.8 Å². The number of nitrogens with zero attached hydrogens (tertiary/aromatic N) is 1. The first-order valence-corrected chi connectivity index (χ1v) is 11.5. The summed E-state index contributed by atoms with van der Waals surface area (Å²) in [7, 11) is 1.55. The zero-order valence-corrected chi connectivity index (χ0v) is 18.9. The van der Waals surface area contributed by atoms with Gasteiger partial charge in [0.25, 0.3) is 0 Å². The number of ether oxygens (including phenoxy) is 1. The number of hydrogen-bond donors (Lipinski definition) is 3. The summed E-state index contributed by atoms with van der Waals surface area (Å²) in [6.45, 7) is 4.11. The molecule has 1 aromatic carbocycles. The van der Waals surface area contributed by atoms with Gasteiger partial charge in [-0.05, 0) is 30.7 Å². The molecule has 3 fully saturated rings. The molecule has 3 aliphatic heterocycles. The molecule has 3 amide bonds. The molecule has 0 aliphatic carbocycles. The standard InChI is InChI=1S/C24H33N3O5/c1-14(2)11-16(13-28)27-20(22(30)26-12-15-7-5-4-6-8-15)24-10-9-17(32-24)18(21(29)25-3)19(24)23(27)31/h4-8,14,16-20,28H,9-13H2,1-3H3,(H,25,29)(H,26,30)/t16-,17+,18-,19+,20?,24?/m1/s1. The summed E-state index contributed by atoms with van der Waals surface area (Å²) in [5.74, 6) is -1.91. The molecule has 0 saturated carbocycles. The molecule has 0 aromatic heterocycles. The first-order chi connectivity index (χ1) is 15.3. The Morgan fingerprint density at radius 3 is 2.59 bits per heavy atom. The molecule has 6 atom stereocenters. The minimum Gasteiger partial charge on any atom is -0.394 e. The number of amides is 3. The van der Waals surface area contributed by atoms with Gasteiger partial charge in [-0.3, -0.25) is 14.4 Å². The second-order valence-corrected chi connectivity index (χ2v) is 9.59. The van der Waals surface area contributed by atoms with Crippen LogP contribution in [0.4, 0.5) is 0 Å². The van der Waals surface area contributed by atoms with Crippen molar-refractivity contribution in [3.8, 4) is 0 Å². The second kappa shape index (κ2) is 8.83. The SMILES string of the molecule is CNC(=O)[C@@H]1[C@@H]2CCC3(O2)C(C(=O)NCc2ccccc2)N([C@@H](CO)CC(C)C)C(=O)[C@H]13. The molecule has 3 aliphatic rings. The quantitative estimate of drug-likeness (QED) is 0.552. The zero-order chi connectivity index (χ0) is 23.0. The highest BCUT2D eigenvalue weighted by atomic mass is 16.5. The van der Waals surface area contributed by atoms with Crippen LogP contribution in [0.15, 0.2) is 30.3 Å². The van der Waals surface area contributed by atoms with E-state index in [1.807, 2.05) is 44.2 Å². The van der Waals surface area contributed by atoms with E-state index in [2.05, 4.69) is 10.6 Å². The lowest BCUT2D eigenvalue weighted by Gasteiger charge is -2.37. The third-order valence-corrected chi connectivity index (χ3v) is 7.19. The maximum absolute atomic E-state index is 13.7. The Morgan fingerprint density at radius 2 is 1.97 bits per heavy atom. The Kier molecular flexibility index (Phi) is 6.27. The van der Waals surface area contributed by atoms with Crippen molar-refractivity contribution in [2.75, 3.05) is 13.7 Å². The summed E-state index contributed by atoms with van der Waals surface area (Å²) in [6, 6.07) is 8.18. The van der Waals surface area contributed by atoms with Crippen molar-refractivity contribution < 1.29 is 24.2 Å². The predicted octanol–water partition coefficient (Wildman–Crippen LogP) is 0.830. The molecule has 2 bridgehead atoms. The predicted molar refractivity (Wildman–Crippen MR) is 117 cm³/mol. The molecule has 1 spiro atoms. The van der Waals surface area contributed by atoms with Crippen molar-refractivity contribution in [3.63, 3.8) is 0 Å². The van der Waals surface area contributed by atoms with E-state index in [-0.39, 0.29) is 36.4 Å². The first-order valence-electron chi connectivity index (χ1n) is 11.5. The molecule has 3 heterocycles. The normalized spacial score (nSPS) is 31.7. The molecular weight excluding hydrogens is 410 g/mol. The van der Waals surface area contributed by atoms with Gasteiger partial charge in [-0.15, -0.1) is 0 Å². The number of carbonyl (C=O) groups excluding carboxylic acids is 3. The summed E-state index contributed by atoms with van der Waals surface area (Å²) in [6.07, 6.45) is 1.36. The van der Waals surface area contributed by atoms with Gasteiger partial charge in [0, 0.05) is 13.6 Å². The van der Waals surface area contributed by atoms with Crippen molar-refractivity contribution in [1.29, 1.82) is 0 Å². The van der Waals surface area contributed by atoms with E-state index in [1.165, 1.54) is 4.90 Å². The van der Waals surface area contributed by atoms with Crippen LogP contribution in [-0.2, 0) is 25.7 Å². The average Bonchev–Trinajstić information content (AvgIpc) is 3.43. The molecule has 3 N–H and O–H groups in total. The van der Waals surface area contributed by atoms with E-state index in [1.54, 1.807) is 7.05 Å². The summed E-state index contributed by atoms with van der Waals surface area (Å²) >= 11 is 0. The summed E-state index contributed by atoms with van der Waals surface area (Å²) in [4.78, 5) is 41.6. The Bertz CT molecular complexity index is 876. The molecular formula is C24H33N3O5. The van der Waals surface area contributed by atoms with E-state index < -0.39 is 29.5 Å². The van der Waals surface area contributed by atoms with Gasteiger partial charge >= 0.3 is 0 Å². The minimum absolute atomic E-state index is 0.220. The monoisotopic (exact) mass is 443 g/mol. The van der Waals surface area contributed by atoms with Gasteiger partial charge < -0.3 is 25.4 Å². The molecule has 4 rings (SSSR count). The van der Waals surface area contributed by atoms with Crippen molar-refractivity contribution in [2.45, 2.75) is 63.4 Å². The molecule has 3 saturated heterocycles. The van der Waals surface area contributed by atoms with Gasteiger partial charge in [0.05, 0.1) is 30.6 Å². The highest BCUT2D eigenvalue weighted by molar-refractivity contribution is 5.99. The Labute approximate surface area is 188 Å². The number of nitrogens with one attached hydrogen (secondary N) is 2. The minimum atomic E-state index is -1.04. The van der Waals surface area contributed by atoms with Gasteiger partial charge in [0.1, 0.15) is 11.6 Å². The zero-order valence-electron chi connectivity index (χ0n) is 18.9. The van der Waals surface area contributed by atoms with E-state index >= 15 is 0 Å². The molecule has 8 nitrogen and oxygen atoms in total. The van der Waals surface area contributed by atoms with Crippen molar-refractivity contribution in [2.24, 2.45) is 17.8 Å². The summed E-state index contributed by atoms with van der Waals surface area (Å²) < 4.78 is 6.34. The number of aliphatic hydroxyl groups is 1. The molecule has 0 radical (unpaired) electrons. The van der Waals surface area contributed by atoms with Crippen molar-refractivity contribution >= 4 is 17.7 Å². The van der Waals surface area contributed by atoms with Crippen LogP contribution in [0.2, 0.25) is 0 Å². The molecule has 2 unspecified atom stereocenters. The lowest BCUT2D eigenvalue weighted by molar-refractivity contribution is -0.146. The number of carbonyl (C=O) groups is 3.